The Labute approximate surface area is 232 Å². The molecular weight excluding hydrogens is 507 g/mol. The molecule has 1 unspecified atom stereocenters. The number of amides is 1. The third kappa shape index (κ3) is 4.58. The number of imidazole rings is 1. The van der Waals surface area contributed by atoms with Crippen molar-refractivity contribution in [1.82, 2.24) is 19.7 Å². The van der Waals surface area contributed by atoms with Crippen LogP contribution < -0.4 is 15.5 Å². The van der Waals surface area contributed by atoms with E-state index < -0.39 is 0 Å². The minimum absolute atomic E-state index is 0.135. The molecule has 1 atom stereocenters. The number of nitrogens with zero attached hydrogens (tertiary/aromatic N) is 4. The summed E-state index contributed by atoms with van der Waals surface area (Å²) in [6.07, 6.45) is 9.40. The lowest BCUT2D eigenvalue weighted by atomic mass is 9.80. The summed E-state index contributed by atoms with van der Waals surface area (Å²) in [5, 5.41) is 6.30. The van der Waals surface area contributed by atoms with E-state index in [0.717, 1.165) is 41.5 Å². The summed E-state index contributed by atoms with van der Waals surface area (Å²) in [4.78, 5) is 24.3. The molecule has 2 fully saturated rings. The summed E-state index contributed by atoms with van der Waals surface area (Å²) in [7, 11) is 0. The number of fused-ring (bicyclic) bond motifs is 2. The molecule has 5 heterocycles. The number of ether oxygens (including phenoxy) is 1. The van der Waals surface area contributed by atoms with Gasteiger partial charge in [-0.2, -0.15) is 0 Å². The largest absolute Gasteiger partial charge is 0.374 e. The van der Waals surface area contributed by atoms with Crippen molar-refractivity contribution in [3.8, 4) is 11.3 Å². The molecule has 7 rings (SSSR count). The van der Waals surface area contributed by atoms with Crippen LogP contribution in [-0.4, -0.2) is 46.1 Å². The fourth-order valence-corrected chi connectivity index (χ4v) is 6.19. The lowest BCUT2D eigenvalue weighted by molar-refractivity contribution is -0.0398. The highest BCUT2D eigenvalue weighted by molar-refractivity contribution is 6.06. The molecule has 3 aromatic heterocycles. The number of rotatable bonds is 7. The maximum Gasteiger partial charge on any atom is 0.254 e. The first-order chi connectivity index (χ1) is 19.4. The van der Waals surface area contributed by atoms with Crippen LogP contribution in [0.15, 0.2) is 55.0 Å². The van der Waals surface area contributed by atoms with Gasteiger partial charge in [0.15, 0.2) is 0 Å². The topological polar surface area (TPSA) is 83.8 Å². The number of hydrogen-bond acceptors (Lipinski definition) is 6. The van der Waals surface area contributed by atoms with Crippen LogP contribution in [0.3, 0.4) is 0 Å². The highest BCUT2D eigenvalue weighted by Crippen LogP contribution is 2.43. The maximum atomic E-state index is 13.7. The number of nitrogens with one attached hydrogen (secondary N) is 2. The molecule has 1 saturated heterocycles. The van der Waals surface area contributed by atoms with Gasteiger partial charge < -0.3 is 20.3 Å². The van der Waals surface area contributed by atoms with Gasteiger partial charge in [-0.3, -0.25) is 9.20 Å². The summed E-state index contributed by atoms with van der Waals surface area (Å²) in [6, 6.07) is 10.7. The van der Waals surface area contributed by atoms with Crippen LogP contribution >= 0.6 is 0 Å². The highest BCUT2D eigenvalue weighted by Gasteiger charge is 2.39. The Balaban J connectivity index is 1.11. The van der Waals surface area contributed by atoms with Crippen LogP contribution in [0, 0.1) is 17.2 Å². The average Bonchev–Trinajstić information content (AvgIpc) is 3.52. The number of morpholine rings is 1. The van der Waals surface area contributed by atoms with Crippen LogP contribution in [0.2, 0.25) is 0 Å². The van der Waals surface area contributed by atoms with Gasteiger partial charge in [-0.05, 0) is 47.6 Å². The molecule has 1 amide bonds. The smallest absolute Gasteiger partial charge is 0.254 e. The van der Waals surface area contributed by atoms with Crippen LogP contribution in [0.5, 0.6) is 0 Å². The SMILES string of the molecule is CC(C)(CC1CC1)C1CN(c2ccc(Nc3ccc(-c4cnc5cc(F)ccn45)c4c3C(=O)NC4)nc2)CCO1. The fourth-order valence-electron chi connectivity index (χ4n) is 6.19. The number of hydrogen-bond donors (Lipinski definition) is 2. The Kier molecular flexibility index (Phi) is 6.00. The Hall–Kier alpha value is -3.98. The number of benzene rings is 1. The minimum Gasteiger partial charge on any atom is -0.374 e. The van der Waals surface area contributed by atoms with Gasteiger partial charge in [0.1, 0.15) is 17.3 Å². The molecule has 1 saturated carbocycles. The second-order valence-electron chi connectivity index (χ2n) is 11.9. The van der Waals surface area contributed by atoms with Crippen LogP contribution in [0.1, 0.15) is 49.0 Å². The number of carbonyl (C=O) groups excluding carboxylic acids is 1. The molecule has 0 spiro atoms. The second-order valence-corrected chi connectivity index (χ2v) is 11.9. The third-order valence-corrected chi connectivity index (χ3v) is 8.54. The van der Waals surface area contributed by atoms with Gasteiger partial charge in [-0.15, -0.1) is 0 Å². The molecule has 9 heteroatoms. The number of anilines is 3. The summed E-state index contributed by atoms with van der Waals surface area (Å²) < 4.78 is 21.7. The van der Waals surface area contributed by atoms with E-state index >= 15 is 0 Å². The van der Waals surface area contributed by atoms with Gasteiger partial charge in [0.25, 0.3) is 5.91 Å². The molecule has 206 valence electrons. The standard InChI is InChI=1S/C31H33FN6O2/c1-31(2,14-19-3-4-19)26-18-37(11-12-40-26)21-5-8-27(33-15-21)36-24-7-6-22(23-16-35-30(39)29(23)24)25-17-34-28-13-20(32)9-10-38(25)28/h5-10,13,15,17,19,26H,3-4,11-12,14,16,18H2,1-2H3,(H,33,36)(H,35,39). The molecule has 1 aromatic carbocycles. The molecule has 4 aromatic rings. The monoisotopic (exact) mass is 540 g/mol. The molecule has 1 aliphatic carbocycles. The first kappa shape index (κ1) is 25.0. The maximum absolute atomic E-state index is 13.7. The Bertz CT molecular complexity index is 1590. The van der Waals surface area contributed by atoms with Crippen LogP contribution in [0.4, 0.5) is 21.6 Å². The van der Waals surface area contributed by atoms with Gasteiger partial charge in [0.05, 0.1) is 47.7 Å². The predicted molar refractivity (Wildman–Crippen MR) is 152 cm³/mol. The molecule has 2 aliphatic heterocycles. The molecule has 0 radical (unpaired) electrons. The van der Waals surface area contributed by atoms with Gasteiger partial charge in [-0.1, -0.05) is 32.8 Å². The van der Waals surface area contributed by atoms with Crippen molar-refractivity contribution in [2.75, 3.05) is 29.9 Å². The second kappa shape index (κ2) is 9.59. The van der Waals surface area contributed by atoms with Gasteiger partial charge in [-0.25, -0.2) is 14.4 Å². The minimum atomic E-state index is -0.337. The van der Waals surface area contributed by atoms with Crippen LogP contribution in [0.25, 0.3) is 16.9 Å². The van der Waals surface area contributed by atoms with E-state index in [1.54, 1.807) is 12.4 Å². The average molecular weight is 541 g/mol. The molecule has 8 nitrogen and oxygen atoms in total. The predicted octanol–water partition coefficient (Wildman–Crippen LogP) is 5.55. The number of carbonyl (C=O) groups is 1. The number of halogens is 1. The van der Waals surface area contributed by atoms with E-state index in [4.69, 9.17) is 9.72 Å². The zero-order valence-electron chi connectivity index (χ0n) is 22.8. The first-order valence-corrected chi connectivity index (χ1v) is 14.0. The van der Waals surface area contributed by atoms with Crippen molar-refractivity contribution in [2.24, 2.45) is 11.3 Å². The van der Waals surface area contributed by atoms with Crippen molar-refractivity contribution >= 4 is 28.7 Å². The molecule has 2 N–H and O–H groups in total. The van der Waals surface area contributed by atoms with E-state index in [0.29, 0.717) is 35.9 Å². The van der Waals surface area contributed by atoms with Crippen LogP contribution in [-0.2, 0) is 11.3 Å². The summed E-state index contributed by atoms with van der Waals surface area (Å²) >= 11 is 0. The summed E-state index contributed by atoms with van der Waals surface area (Å²) in [5.41, 5.74) is 5.60. The Morgan fingerprint density at radius 1 is 1.15 bits per heavy atom. The Morgan fingerprint density at radius 3 is 2.83 bits per heavy atom. The quantitative estimate of drug-likeness (QED) is 0.320. The van der Waals surface area contributed by atoms with E-state index in [1.807, 2.05) is 28.8 Å². The lowest BCUT2D eigenvalue weighted by Crippen LogP contribution is -2.49. The molecule has 0 bridgehead atoms. The lowest BCUT2D eigenvalue weighted by Gasteiger charge is -2.42. The normalized spacial score (nSPS) is 19.1. The van der Waals surface area contributed by atoms with Gasteiger partial charge >= 0.3 is 0 Å². The number of aromatic nitrogens is 3. The number of pyridine rings is 2. The van der Waals surface area contributed by atoms with Crippen molar-refractivity contribution in [1.29, 1.82) is 0 Å². The zero-order chi connectivity index (χ0) is 27.4. The zero-order valence-corrected chi connectivity index (χ0v) is 22.8. The molecule has 3 aliphatic rings. The first-order valence-electron chi connectivity index (χ1n) is 14.0. The van der Waals surface area contributed by atoms with Crippen molar-refractivity contribution in [3.05, 3.63) is 71.9 Å². The molecular formula is C31H33FN6O2. The highest BCUT2D eigenvalue weighted by atomic mass is 19.1. The van der Waals surface area contributed by atoms with E-state index in [1.165, 1.54) is 31.4 Å². The van der Waals surface area contributed by atoms with Gasteiger partial charge in [0.2, 0.25) is 0 Å². The van der Waals surface area contributed by atoms with Crippen molar-refractivity contribution in [2.45, 2.75) is 45.8 Å². The van der Waals surface area contributed by atoms with E-state index in [2.05, 4.69) is 40.4 Å². The fraction of sp³-hybridized carbons (Fsp3) is 0.387. The summed E-state index contributed by atoms with van der Waals surface area (Å²) in [5.74, 6) is 1.06. The van der Waals surface area contributed by atoms with Gasteiger partial charge in [0, 0.05) is 37.5 Å². The van der Waals surface area contributed by atoms with E-state index in [9.17, 15) is 9.18 Å². The van der Waals surface area contributed by atoms with Crippen molar-refractivity contribution < 1.29 is 13.9 Å². The van der Waals surface area contributed by atoms with Crippen molar-refractivity contribution in [3.63, 3.8) is 0 Å². The third-order valence-electron chi connectivity index (χ3n) is 8.54. The summed E-state index contributed by atoms with van der Waals surface area (Å²) in [6.45, 7) is 7.50. The molecule has 40 heavy (non-hydrogen) atoms. The van der Waals surface area contributed by atoms with E-state index in [-0.39, 0.29) is 23.2 Å². The Morgan fingerprint density at radius 2 is 2.02 bits per heavy atom.